The zero-order chi connectivity index (χ0) is 30.7. The molecule has 1 amide bonds. The second-order valence-electron chi connectivity index (χ2n) is 12.6. The van der Waals surface area contributed by atoms with Crippen LogP contribution in [0.5, 0.6) is 5.75 Å². The Morgan fingerprint density at radius 1 is 1.17 bits per heavy atom. The van der Waals surface area contributed by atoms with Gasteiger partial charge in [-0.05, 0) is 66.9 Å². The number of aliphatic hydroxyl groups is 1. The fourth-order valence-corrected chi connectivity index (χ4v) is 7.04. The molecule has 3 aromatic rings. The molecular formula is C30H34ClF2N3O5Si. The number of aromatic amines is 1. The number of nitrogens with zero attached hydrogens (tertiary/aromatic N) is 1. The minimum Gasteiger partial charge on any atom is -0.420 e. The minimum absolute atomic E-state index is 0.0149. The smallest absolute Gasteiger partial charge is 0.420 e. The van der Waals surface area contributed by atoms with Crippen LogP contribution in [-0.2, 0) is 21.1 Å². The standard InChI is InChI=1S/C30H34ClF2N3O5Si/c1-28(2,3)42(4,5)41-25-16-29(15-24(25)38)26-20(21-10-11-34-36-21)13-18(14-22(26)35-27(29)39)23(37)12-17-6-8-19(9-7-17)40-30(31,32)33/h6-11,13-14,24-25,38H,12,15-16H2,1-5H3,(H,34,36)(H,35,39). The molecule has 1 aliphatic carbocycles. The maximum atomic E-state index is 13.7. The summed E-state index contributed by atoms with van der Waals surface area (Å²) >= 11 is 4.83. The highest BCUT2D eigenvalue weighted by atomic mass is 35.5. The van der Waals surface area contributed by atoms with Gasteiger partial charge in [-0.15, -0.1) is 8.78 Å². The van der Waals surface area contributed by atoms with Crippen LogP contribution in [-0.4, -0.2) is 53.1 Å². The van der Waals surface area contributed by atoms with Crippen LogP contribution in [0.2, 0.25) is 18.1 Å². The van der Waals surface area contributed by atoms with E-state index in [-0.39, 0.29) is 35.3 Å². The summed E-state index contributed by atoms with van der Waals surface area (Å²) in [5, 5.41) is 21.1. The lowest BCUT2D eigenvalue weighted by Gasteiger charge is -2.39. The third-order valence-corrected chi connectivity index (χ3v) is 13.3. The Labute approximate surface area is 248 Å². The van der Waals surface area contributed by atoms with Crippen LogP contribution in [0.1, 0.15) is 55.1 Å². The number of fused-ring (bicyclic) bond motifs is 2. The van der Waals surface area contributed by atoms with E-state index in [1.807, 2.05) is 0 Å². The van der Waals surface area contributed by atoms with Crippen LogP contribution >= 0.6 is 11.6 Å². The van der Waals surface area contributed by atoms with Gasteiger partial charge in [0.15, 0.2) is 14.1 Å². The molecule has 1 saturated carbocycles. The number of halogens is 3. The number of aromatic nitrogens is 2. The number of hydrogen-bond acceptors (Lipinski definition) is 6. The molecule has 3 atom stereocenters. The molecule has 1 aromatic heterocycles. The van der Waals surface area contributed by atoms with Crippen LogP contribution in [0.25, 0.3) is 11.3 Å². The summed E-state index contributed by atoms with van der Waals surface area (Å²) < 4.78 is 36.8. The molecule has 3 unspecified atom stereocenters. The molecule has 1 aliphatic heterocycles. The van der Waals surface area contributed by atoms with Crippen molar-refractivity contribution in [3.63, 3.8) is 0 Å². The minimum atomic E-state index is -3.83. The summed E-state index contributed by atoms with van der Waals surface area (Å²) in [4.78, 5) is 27.1. The topological polar surface area (TPSA) is 114 Å². The van der Waals surface area contributed by atoms with Crippen LogP contribution in [0.15, 0.2) is 48.7 Å². The summed E-state index contributed by atoms with van der Waals surface area (Å²) in [5.74, 6) is -0.613. The Balaban J connectivity index is 1.48. The molecule has 2 aromatic carbocycles. The molecule has 0 radical (unpaired) electrons. The van der Waals surface area contributed by atoms with E-state index in [1.165, 1.54) is 24.3 Å². The molecule has 224 valence electrons. The summed E-state index contributed by atoms with van der Waals surface area (Å²) in [6.45, 7) is 10.6. The van der Waals surface area contributed by atoms with Gasteiger partial charge in [0, 0.05) is 46.6 Å². The van der Waals surface area contributed by atoms with Crippen LogP contribution < -0.4 is 10.1 Å². The lowest BCUT2D eigenvalue weighted by molar-refractivity contribution is -0.121. The van der Waals surface area contributed by atoms with Crippen molar-refractivity contribution in [3.05, 3.63) is 65.4 Å². The number of aliphatic hydroxyl groups excluding tert-OH is 1. The van der Waals surface area contributed by atoms with Gasteiger partial charge in [-0.2, -0.15) is 5.10 Å². The number of carbonyl (C=O) groups excluding carboxylic acids is 2. The van der Waals surface area contributed by atoms with Crippen molar-refractivity contribution in [2.75, 3.05) is 5.32 Å². The van der Waals surface area contributed by atoms with Crippen LogP contribution in [0.3, 0.4) is 0 Å². The summed E-state index contributed by atoms with van der Waals surface area (Å²) in [7, 11) is -2.24. The quantitative estimate of drug-likeness (QED) is 0.153. The first-order chi connectivity index (χ1) is 19.5. The second-order valence-corrected chi connectivity index (χ2v) is 17.8. The van der Waals surface area contributed by atoms with Gasteiger partial charge in [0.25, 0.3) is 0 Å². The number of ketones is 1. The van der Waals surface area contributed by atoms with Gasteiger partial charge in [0.1, 0.15) is 5.75 Å². The highest BCUT2D eigenvalue weighted by Crippen LogP contribution is 2.54. The number of hydrogen-bond donors (Lipinski definition) is 3. The number of ether oxygens (including phenoxy) is 1. The van der Waals surface area contributed by atoms with E-state index in [9.17, 15) is 23.5 Å². The largest absolute Gasteiger partial charge is 0.487 e. The van der Waals surface area contributed by atoms with E-state index in [0.29, 0.717) is 40.1 Å². The second kappa shape index (κ2) is 10.5. The Morgan fingerprint density at radius 3 is 2.45 bits per heavy atom. The predicted molar refractivity (Wildman–Crippen MR) is 158 cm³/mol. The number of benzene rings is 2. The van der Waals surface area contributed by atoms with Gasteiger partial charge >= 0.3 is 5.57 Å². The molecule has 3 N–H and O–H groups in total. The highest BCUT2D eigenvalue weighted by molar-refractivity contribution is 6.74. The molecule has 12 heteroatoms. The maximum absolute atomic E-state index is 13.7. The first-order valence-electron chi connectivity index (χ1n) is 13.7. The van der Waals surface area contributed by atoms with Crippen molar-refractivity contribution < 1.29 is 32.6 Å². The van der Waals surface area contributed by atoms with Crippen LogP contribution in [0, 0.1) is 0 Å². The molecule has 8 nitrogen and oxygen atoms in total. The molecule has 1 fully saturated rings. The average molecular weight is 618 g/mol. The van der Waals surface area contributed by atoms with E-state index in [4.69, 9.17) is 16.0 Å². The molecule has 42 heavy (non-hydrogen) atoms. The number of H-pyrrole nitrogens is 1. The molecular weight excluding hydrogens is 584 g/mol. The van der Waals surface area contributed by atoms with Gasteiger partial charge < -0.3 is 19.6 Å². The monoisotopic (exact) mass is 617 g/mol. The number of carbonyl (C=O) groups is 2. The SMILES string of the molecule is CC(C)(C)[Si](C)(C)OC1CC2(CC1O)C(=O)Nc1cc(C(=O)Cc3ccc(OC(F)(F)Cl)cc3)cc(-c3ccn[nH]3)c12. The summed E-state index contributed by atoms with van der Waals surface area (Å²) in [6, 6.07) is 10.8. The van der Waals surface area contributed by atoms with E-state index >= 15 is 0 Å². The molecule has 2 heterocycles. The van der Waals surface area contributed by atoms with Crippen molar-refractivity contribution in [1.29, 1.82) is 0 Å². The maximum Gasteiger partial charge on any atom is 0.487 e. The molecule has 5 rings (SSSR count). The lowest BCUT2D eigenvalue weighted by Crippen LogP contribution is -2.46. The van der Waals surface area contributed by atoms with E-state index in [2.05, 4.69) is 54.1 Å². The fraction of sp³-hybridized carbons (Fsp3) is 0.433. The Morgan fingerprint density at radius 2 is 1.86 bits per heavy atom. The number of alkyl halides is 3. The number of nitrogens with one attached hydrogen (secondary N) is 2. The normalized spacial score (nSPS) is 22.4. The molecule has 1 spiro atoms. The van der Waals surface area contributed by atoms with Crippen molar-refractivity contribution >= 4 is 37.3 Å². The van der Waals surface area contributed by atoms with Gasteiger partial charge in [-0.1, -0.05) is 32.9 Å². The molecule has 0 bridgehead atoms. The fourth-order valence-electron chi connectivity index (χ4n) is 5.60. The first-order valence-corrected chi connectivity index (χ1v) is 17.0. The zero-order valence-electron chi connectivity index (χ0n) is 24.1. The number of Topliss-reactive ketones (excluding diaryl/α,β-unsaturated/α-hetero) is 1. The van der Waals surface area contributed by atoms with E-state index < -0.39 is 31.5 Å². The molecule has 2 aliphatic rings. The van der Waals surface area contributed by atoms with E-state index in [0.717, 1.165) is 0 Å². The average Bonchev–Trinajstić information content (AvgIpc) is 3.58. The van der Waals surface area contributed by atoms with Gasteiger partial charge in [0.05, 0.1) is 23.3 Å². The lowest BCUT2D eigenvalue weighted by atomic mass is 9.76. The Hall–Kier alpha value is -3.12. The predicted octanol–water partition coefficient (Wildman–Crippen LogP) is 6.41. The Bertz CT molecular complexity index is 1500. The van der Waals surface area contributed by atoms with Gasteiger partial charge in [-0.25, -0.2) is 0 Å². The number of amides is 1. The van der Waals surface area contributed by atoms with Crippen molar-refractivity contribution in [2.45, 2.75) is 81.4 Å². The third kappa shape index (κ3) is 5.75. The van der Waals surface area contributed by atoms with E-state index in [1.54, 1.807) is 24.4 Å². The summed E-state index contributed by atoms with van der Waals surface area (Å²) in [5.41, 5.74) is -1.46. The highest BCUT2D eigenvalue weighted by Gasteiger charge is 2.58. The summed E-state index contributed by atoms with van der Waals surface area (Å²) in [6.07, 6.45) is 0.730. The first kappa shape index (κ1) is 30.3. The Kier molecular flexibility index (Phi) is 7.62. The van der Waals surface area contributed by atoms with Gasteiger partial charge in [0.2, 0.25) is 5.91 Å². The third-order valence-electron chi connectivity index (χ3n) is 8.72. The number of anilines is 1. The zero-order valence-corrected chi connectivity index (χ0v) is 25.8. The molecule has 0 saturated heterocycles. The van der Waals surface area contributed by atoms with Crippen LogP contribution in [0.4, 0.5) is 14.5 Å². The van der Waals surface area contributed by atoms with Crippen molar-refractivity contribution in [1.82, 2.24) is 10.2 Å². The van der Waals surface area contributed by atoms with Crippen molar-refractivity contribution in [3.8, 4) is 17.0 Å². The van der Waals surface area contributed by atoms with Gasteiger partial charge in [-0.3, -0.25) is 14.7 Å². The number of rotatable bonds is 8. The van der Waals surface area contributed by atoms with Crippen molar-refractivity contribution in [2.24, 2.45) is 0 Å².